The van der Waals surface area contributed by atoms with Gasteiger partial charge in [0.25, 0.3) is 0 Å². The Morgan fingerprint density at radius 2 is 1.79 bits per heavy atom. The number of rotatable bonds is 5. The van der Waals surface area contributed by atoms with E-state index in [-0.39, 0.29) is 18.3 Å². The standard InChI is InChI=1S/C25H24FN5O3/c1-25(2,3)34-24(33)28-14-22(32)30-20-6-4-5-17(11-20)21-13-29-31-15-18(12-27-23(21)31)16-7-9-19(26)10-8-16/h4-13,15H,14H2,1-3H3,(H,28,33)(H,30,32). The largest absolute Gasteiger partial charge is 0.444 e. The van der Waals surface area contributed by atoms with Gasteiger partial charge in [0.2, 0.25) is 5.91 Å². The van der Waals surface area contributed by atoms with Gasteiger partial charge in [0.05, 0.1) is 6.20 Å². The number of amides is 2. The zero-order valence-corrected chi connectivity index (χ0v) is 19.0. The Morgan fingerprint density at radius 3 is 2.53 bits per heavy atom. The maximum absolute atomic E-state index is 13.2. The minimum Gasteiger partial charge on any atom is -0.444 e. The Morgan fingerprint density at radius 1 is 1.03 bits per heavy atom. The number of anilines is 1. The minimum absolute atomic E-state index is 0.219. The number of benzene rings is 2. The Hall–Kier alpha value is -4.27. The summed E-state index contributed by atoms with van der Waals surface area (Å²) in [6, 6.07) is 13.4. The second-order valence-electron chi connectivity index (χ2n) is 8.66. The van der Waals surface area contributed by atoms with Gasteiger partial charge in [-0.15, -0.1) is 0 Å². The smallest absolute Gasteiger partial charge is 0.408 e. The van der Waals surface area contributed by atoms with Crippen LogP contribution in [0.3, 0.4) is 0 Å². The number of carbonyl (C=O) groups is 2. The lowest BCUT2D eigenvalue weighted by molar-refractivity contribution is -0.115. The number of nitrogens with zero attached hydrogens (tertiary/aromatic N) is 3. The second-order valence-corrected chi connectivity index (χ2v) is 8.66. The first-order valence-electron chi connectivity index (χ1n) is 10.6. The molecule has 174 valence electrons. The number of aromatic nitrogens is 3. The molecule has 0 saturated carbocycles. The molecule has 34 heavy (non-hydrogen) atoms. The van der Waals surface area contributed by atoms with Gasteiger partial charge >= 0.3 is 6.09 Å². The fourth-order valence-corrected chi connectivity index (χ4v) is 3.31. The highest BCUT2D eigenvalue weighted by atomic mass is 19.1. The number of alkyl carbamates (subject to hydrolysis) is 1. The highest BCUT2D eigenvalue weighted by Gasteiger charge is 2.17. The number of carbonyl (C=O) groups excluding carboxylic acids is 2. The van der Waals surface area contributed by atoms with Crippen LogP contribution in [0.4, 0.5) is 14.9 Å². The first-order chi connectivity index (χ1) is 16.2. The van der Waals surface area contributed by atoms with Gasteiger partial charge in [-0.3, -0.25) is 4.79 Å². The number of ether oxygens (including phenoxy) is 1. The van der Waals surface area contributed by atoms with Crippen LogP contribution in [0.1, 0.15) is 20.8 Å². The number of fused-ring (bicyclic) bond motifs is 1. The van der Waals surface area contributed by atoms with E-state index in [2.05, 4.69) is 20.7 Å². The maximum Gasteiger partial charge on any atom is 0.408 e. The van der Waals surface area contributed by atoms with Crippen LogP contribution in [-0.4, -0.2) is 38.7 Å². The number of halogens is 1. The molecule has 2 heterocycles. The van der Waals surface area contributed by atoms with E-state index in [0.717, 1.165) is 22.3 Å². The first kappa shape index (κ1) is 22.9. The topological polar surface area (TPSA) is 97.6 Å². The molecule has 0 fully saturated rings. The van der Waals surface area contributed by atoms with Crippen molar-refractivity contribution in [3.63, 3.8) is 0 Å². The Kier molecular flexibility index (Phi) is 6.27. The third kappa shape index (κ3) is 5.55. The van der Waals surface area contributed by atoms with Crippen molar-refractivity contribution in [1.82, 2.24) is 19.9 Å². The van der Waals surface area contributed by atoms with Crippen molar-refractivity contribution in [3.8, 4) is 22.3 Å². The van der Waals surface area contributed by atoms with Crippen molar-refractivity contribution in [2.24, 2.45) is 0 Å². The fraction of sp³-hybridized carbons (Fsp3) is 0.200. The third-order valence-corrected chi connectivity index (χ3v) is 4.78. The van der Waals surface area contributed by atoms with E-state index in [0.29, 0.717) is 11.3 Å². The van der Waals surface area contributed by atoms with E-state index < -0.39 is 11.7 Å². The highest BCUT2D eigenvalue weighted by Crippen LogP contribution is 2.27. The van der Waals surface area contributed by atoms with Crippen LogP contribution in [0.2, 0.25) is 0 Å². The van der Waals surface area contributed by atoms with E-state index in [9.17, 15) is 14.0 Å². The van der Waals surface area contributed by atoms with Crippen molar-refractivity contribution < 1.29 is 18.7 Å². The number of hydrogen-bond donors (Lipinski definition) is 2. The summed E-state index contributed by atoms with van der Waals surface area (Å²) in [5.41, 5.74) is 3.80. The molecule has 2 aromatic carbocycles. The molecule has 0 spiro atoms. The summed E-state index contributed by atoms with van der Waals surface area (Å²) in [5.74, 6) is -0.684. The predicted octanol–water partition coefficient (Wildman–Crippen LogP) is 4.67. The Labute approximate surface area is 195 Å². The fourth-order valence-electron chi connectivity index (χ4n) is 3.31. The molecule has 0 aliphatic rings. The quantitative estimate of drug-likeness (QED) is 0.450. The molecule has 8 nitrogen and oxygen atoms in total. The van der Waals surface area contributed by atoms with Gasteiger partial charge in [0.15, 0.2) is 5.65 Å². The summed E-state index contributed by atoms with van der Waals surface area (Å²) >= 11 is 0. The van der Waals surface area contributed by atoms with Gasteiger partial charge < -0.3 is 15.4 Å². The SMILES string of the molecule is CC(C)(C)OC(=O)NCC(=O)Nc1cccc(-c2cnn3cc(-c4ccc(F)cc4)cnc23)c1. The zero-order chi connectivity index (χ0) is 24.3. The summed E-state index contributed by atoms with van der Waals surface area (Å²) in [6.07, 6.45) is 4.57. The molecule has 0 unspecified atom stereocenters. The molecule has 0 atom stereocenters. The molecule has 0 aliphatic heterocycles. The van der Waals surface area contributed by atoms with E-state index >= 15 is 0 Å². The summed E-state index contributed by atoms with van der Waals surface area (Å²) in [6.45, 7) is 5.02. The molecule has 2 aromatic heterocycles. The monoisotopic (exact) mass is 461 g/mol. The van der Waals surface area contributed by atoms with Crippen LogP contribution in [0.5, 0.6) is 0 Å². The van der Waals surface area contributed by atoms with Gasteiger partial charge in [-0.05, 0) is 56.2 Å². The van der Waals surface area contributed by atoms with Crippen LogP contribution < -0.4 is 10.6 Å². The van der Waals surface area contributed by atoms with Gasteiger partial charge in [0.1, 0.15) is 18.0 Å². The van der Waals surface area contributed by atoms with Gasteiger partial charge in [-0.25, -0.2) is 18.7 Å². The summed E-state index contributed by atoms with van der Waals surface area (Å²) in [5, 5.41) is 9.59. The van der Waals surface area contributed by atoms with E-state index in [1.807, 2.05) is 18.3 Å². The highest BCUT2D eigenvalue weighted by molar-refractivity contribution is 5.94. The van der Waals surface area contributed by atoms with Gasteiger partial charge in [-0.2, -0.15) is 5.10 Å². The molecule has 2 N–H and O–H groups in total. The molecule has 0 saturated heterocycles. The van der Waals surface area contributed by atoms with Crippen molar-refractivity contribution in [3.05, 3.63) is 72.9 Å². The zero-order valence-electron chi connectivity index (χ0n) is 19.0. The van der Waals surface area contributed by atoms with Gasteiger partial charge in [-0.1, -0.05) is 24.3 Å². The van der Waals surface area contributed by atoms with E-state index in [1.165, 1.54) is 12.1 Å². The molecule has 0 radical (unpaired) electrons. The Balaban J connectivity index is 1.48. The maximum atomic E-state index is 13.2. The average Bonchev–Trinajstić information content (AvgIpc) is 3.21. The molecule has 0 bridgehead atoms. The normalized spacial score (nSPS) is 11.3. The number of nitrogens with one attached hydrogen (secondary N) is 2. The lowest BCUT2D eigenvalue weighted by atomic mass is 10.1. The summed E-state index contributed by atoms with van der Waals surface area (Å²) in [7, 11) is 0. The van der Waals surface area contributed by atoms with Crippen LogP contribution >= 0.6 is 0 Å². The molecule has 9 heteroatoms. The summed E-state index contributed by atoms with van der Waals surface area (Å²) in [4.78, 5) is 28.5. The van der Waals surface area contributed by atoms with Gasteiger partial charge in [0, 0.05) is 29.2 Å². The molecular weight excluding hydrogens is 437 g/mol. The van der Waals surface area contributed by atoms with Crippen molar-refractivity contribution >= 4 is 23.3 Å². The third-order valence-electron chi connectivity index (χ3n) is 4.78. The predicted molar refractivity (Wildman–Crippen MR) is 127 cm³/mol. The molecule has 2 amide bonds. The first-order valence-corrected chi connectivity index (χ1v) is 10.6. The Bertz CT molecular complexity index is 1340. The van der Waals surface area contributed by atoms with Crippen molar-refractivity contribution in [2.75, 3.05) is 11.9 Å². The molecule has 0 aliphatic carbocycles. The lowest BCUT2D eigenvalue weighted by Gasteiger charge is -2.19. The van der Waals surface area contributed by atoms with Crippen molar-refractivity contribution in [1.29, 1.82) is 0 Å². The second kappa shape index (κ2) is 9.30. The summed E-state index contributed by atoms with van der Waals surface area (Å²) < 4.78 is 20.0. The molecular formula is C25H24FN5O3. The number of hydrogen-bond acceptors (Lipinski definition) is 5. The van der Waals surface area contributed by atoms with Crippen LogP contribution in [-0.2, 0) is 9.53 Å². The van der Waals surface area contributed by atoms with Crippen LogP contribution in [0.15, 0.2) is 67.1 Å². The minimum atomic E-state index is -0.658. The van der Waals surface area contributed by atoms with Crippen LogP contribution in [0.25, 0.3) is 27.9 Å². The average molecular weight is 461 g/mol. The molecule has 4 aromatic rings. The van der Waals surface area contributed by atoms with Crippen molar-refractivity contribution in [2.45, 2.75) is 26.4 Å². The van der Waals surface area contributed by atoms with Crippen LogP contribution in [0, 0.1) is 5.82 Å². The van der Waals surface area contributed by atoms with E-state index in [1.54, 1.807) is 61.9 Å². The van der Waals surface area contributed by atoms with E-state index in [4.69, 9.17) is 4.74 Å². The lowest BCUT2D eigenvalue weighted by Crippen LogP contribution is -2.37. The molecule has 4 rings (SSSR count).